The summed E-state index contributed by atoms with van der Waals surface area (Å²) in [5.74, 6) is 0.859. The Morgan fingerprint density at radius 1 is 1.19 bits per heavy atom. The molecule has 2 aromatic carbocycles. The highest BCUT2D eigenvalue weighted by Crippen LogP contribution is 2.23. The molecule has 9 heteroatoms. The number of ether oxygens (including phenoxy) is 2. The van der Waals surface area contributed by atoms with Crippen molar-refractivity contribution in [3.63, 3.8) is 0 Å². The van der Waals surface area contributed by atoms with E-state index in [1.165, 1.54) is 30.6 Å². The summed E-state index contributed by atoms with van der Waals surface area (Å²) in [5.41, 5.74) is 0.937. The van der Waals surface area contributed by atoms with E-state index >= 15 is 0 Å². The molecule has 3 aromatic rings. The van der Waals surface area contributed by atoms with E-state index in [1.54, 1.807) is 18.2 Å². The predicted molar refractivity (Wildman–Crippen MR) is 126 cm³/mol. The molecule has 1 aromatic heterocycles. The summed E-state index contributed by atoms with van der Waals surface area (Å²) in [6.07, 6.45) is 1.98. The van der Waals surface area contributed by atoms with E-state index in [9.17, 15) is 13.2 Å². The molecular formula is C23H26N2O5S2. The number of amides is 1. The minimum atomic E-state index is -3.48. The summed E-state index contributed by atoms with van der Waals surface area (Å²) >= 11 is 1.39. The molecule has 0 atom stereocenters. The molecule has 0 N–H and O–H groups in total. The van der Waals surface area contributed by atoms with Gasteiger partial charge in [-0.15, -0.1) is 6.58 Å². The first-order valence-corrected chi connectivity index (χ1v) is 12.7. The van der Waals surface area contributed by atoms with E-state index in [0.29, 0.717) is 23.7 Å². The summed E-state index contributed by atoms with van der Waals surface area (Å²) in [6, 6.07) is 12.0. The van der Waals surface area contributed by atoms with E-state index in [1.807, 2.05) is 29.7 Å². The minimum Gasteiger partial charge on any atom is -0.497 e. The van der Waals surface area contributed by atoms with E-state index < -0.39 is 9.84 Å². The number of methoxy groups -OCH3 is 1. The second-order valence-electron chi connectivity index (χ2n) is 6.95. The van der Waals surface area contributed by atoms with Gasteiger partial charge in [-0.2, -0.15) is 4.99 Å². The van der Waals surface area contributed by atoms with Gasteiger partial charge in [0.25, 0.3) is 0 Å². The van der Waals surface area contributed by atoms with Crippen molar-refractivity contribution in [2.75, 3.05) is 19.5 Å². The largest absolute Gasteiger partial charge is 0.497 e. The molecule has 0 spiro atoms. The first-order chi connectivity index (χ1) is 15.4. The highest BCUT2D eigenvalue weighted by Gasteiger charge is 2.15. The summed E-state index contributed by atoms with van der Waals surface area (Å²) in [4.78, 5) is 17.5. The monoisotopic (exact) mass is 474 g/mol. The Labute approximate surface area is 191 Å². The second kappa shape index (κ2) is 10.6. The number of thiazole rings is 1. The van der Waals surface area contributed by atoms with Crippen molar-refractivity contribution in [3.05, 3.63) is 59.9 Å². The molecule has 0 radical (unpaired) electrons. The van der Waals surface area contributed by atoms with Crippen LogP contribution in [0.2, 0.25) is 0 Å². The van der Waals surface area contributed by atoms with Gasteiger partial charge >= 0.3 is 0 Å². The molecule has 170 valence electrons. The van der Waals surface area contributed by atoms with Crippen molar-refractivity contribution in [1.82, 2.24) is 4.57 Å². The smallest absolute Gasteiger partial charge is 0.248 e. The summed E-state index contributed by atoms with van der Waals surface area (Å²) in [6.45, 7) is 6.78. The van der Waals surface area contributed by atoms with Gasteiger partial charge in [-0.05, 0) is 55.8 Å². The number of benzene rings is 2. The van der Waals surface area contributed by atoms with Gasteiger partial charge in [-0.3, -0.25) is 4.79 Å². The van der Waals surface area contributed by atoms with Crippen molar-refractivity contribution in [3.8, 4) is 11.5 Å². The summed E-state index contributed by atoms with van der Waals surface area (Å²) in [5, 5.41) is 0. The van der Waals surface area contributed by atoms with Gasteiger partial charge < -0.3 is 14.0 Å². The van der Waals surface area contributed by atoms with Crippen molar-refractivity contribution >= 4 is 37.3 Å². The van der Waals surface area contributed by atoms with Crippen molar-refractivity contribution in [2.45, 2.75) is 31.2 Å². The lowest BCUT2D eigenvalue weighted by molar-refractivity contribution is -0.118. The van der Waals surface area contributed by atoms with Gasteiger partial charge in [0.1, 0.15) is 11.5 Å². The first kappa shape index (κ1) is 23.7. The average Bonchev–Trinajstić information content (AvgIpc) is 3.10. The molecule has 7 nitrogen and oxygen atoms in total. The lowest BCUT2D eigenvalue weighted by Crippen LogP contribution is -2.16. The number of allylic oxidation sites excluding steroid dienone is 1. The Bertz CT molecular complexity index is 1270. The Balaban J connectivity index is 1.74. The Hall–Kier alpha value is -2.91. The van der Waals surface area contributed by atoms with Crippen LogP contribution in [0.4, 0.5) is 0 Å². The lowest BCUT2D eigenvalue weighted by Gasteiger charge is -2.05. The zero-order chi connectivity index (χ0) is 23.1. The third-order valence-corrected chi connectivity index (χ3v) is 7.58. The molecule has 0 saturated carbocycles. The lowest BCUT2D eigenvalue weighted by atomic mass is 10.3. The zero-order valence-corrected chi connectivity index (χ0v) is 19.7. The van der Waals surface area contributed by atoms with Gasteiger partial charge in [-0.25, -0.2) is 8.42 Å². The van der Waals surface area contributed by atoms with Gasteiger partial charge in [-0.1, -0.05) is 17.4 Å². The molecule has 0 fully saturated rings. The molecule has 1 amide bonds. The average molecular weight is 475 g/mol. The SMILES string of the molecule is C=CCn1c(=NC(=O)CCCS(=O)(=O)c2ccc(OC)cc2)sc2cc(OCC)ccc21. The number of carbonyl (C=O) groups excluding carboxylic acids is 1. The molecule has 32 heavy (non-hydrogen) atoms. The second-order valence-corrected chi connectivity index (χ2v) is 10.1. The number of aromatic nitrogens is 1. The van der Waals surface area contributed by atoms with Crippen LogP contribution in [0.15, 0.2) is 65.0 Å². The molecular weight excluding hydrogens is 448 g/mol. The minimum absolute atomic E-state index is 0.0436. The molecule has 0 aliphatic heterocycles. The quantitative estimate of drug-likeness (QED) is 0.415. The summed E-state index contributed by atoms with van der Waals surface area (Å²) in [7, 11) is -1.96. The topological polar surface area (TPSA) is 87.0 Å². The molecule has 1 heterocycles. The third kappa shape index (κ3) is 5.66. The van der Waals surface area contributed by atoms with Crippen LogP contribution in [0, 0.1) is 0 Å². The molecule has 0 saturated heterocycles. The van der Waals surface area contributed by atoms with Crippen LogP contribution < -0.4 is 14.3 Å². The zero-order valence-electron chi connectivity index (χ0n) is 18.1. The number of nitrogens with zero attached hydrogens (tertiary/aromatic N) is 2. The highest BCUT2D eigenvalue weighted by atomic mass is 32.2. The Morgan fingerprint density at radius 3 is 2.56 bits per heavy atom. The van der Waals surface area contributed by atoms with E-state index in [2.05, 4.69) is 11.6 Å². The Kier molecular flexibility index (Phi) is 7.87. The van der Waals surface area contributed by atoms with Crippen LogP contribution >= 0.6 is 11.3 Å². The van der Waals surface area contributed by atoms with E-state index in [0.717, 1.165) is 16.0 Å². The molecule has 0 bridgehead atoms. The maximum absolute atomic E-state index is 12.5. The van der Waals surface area contributed by atoms with Gasteiger partial charge in [0.05, 0.1) is 34.6 Å². The van der Waals surface area contributed by atoms with Crippen LogP contribution in [-0.4, -0.2) is 38.4 Å². The van der Waals surface area contributed by atoms with Crippen molar-refractivity contribution in [1.29, 1.82) is 0 Å². The first-order valence-electron chi connectivity index (χ1n) is 10.2. The number of hydrogen-bond donors (Lipinski definition) is 0. The highest BCUT2D eigenvalue weighted by molar-refractivity contribution is 7.91. The fourth-order valence-electron chi connectivity index (χ4n) is 3.18. The molecule has 3 rings (SSSR count). The number of carbonyl (C=O) groups is 1. The third-order valence-electron chi connectivity index (χ3n) is 4.72. The van der Waals surface area contributed by atoms with Gasteiger partial charge in [0.2, 0.25) is 5.91 Å². The predicted octanol–water partition coefficient (Wildman–Crippen LogP) is 3.98. The van der Waals surface area contributed by atoms with Crippen molar-refractivity contribution < 1.29 is 22.7 Å². The normalized spacial score (nSPS) is 12.1. The van der Waals surface area contributed by atoms with Crippen molar-refractivity contribution in [2.24, 2.45) is 4.99 Å². The van der Waals surface area contributed by atoms with Gasteiger partial charge in [0.15, 0.2) is 14.6 Å². The van der Waals surface area contributed by atoms with E-state index in [-0.39, 0.29) is 29.4 Å². The van der Waals surface area contributed by atoms with Crippen LogP contribution in [0.5, 0.6) is 11.5 Å². The van der Waals surface area contributed by atoms with Gasteiger partial charge in [0, 0.05) is 13.0 Å². The summed E-state index contributed by atoms with van der Waals surface area (Å²) < 4.78 is 38.5. The number of fused-ring (bicyclic) bond motifs is 1. The number of sulfone groups is 1. The van der Waals surface area contributed by atoms with E-state index in [4.69, 9.17) is 9.47 Å². The fourth-order valence-corrected chi connectivity index (χ4v) is 5.57. The maximum atomic E-state index is 12.5. The van der Waals surface area contributed by atoms with Crippen LogP contribution in [-0.2, 0) is 21.2 Å². The molecule has 0 aliphatic carbocycles. The standard InChI is InChI=1S/C23H26N2O5S2/c1-4-14-25-20-13-10-18(30-5-2)16-21(20)31-23(25)24-22(26)7-6-15-32(27,28)19-11-8-17(29-3)9-12-19/h4,8-13,16H,1,5-7,14-15H2,2-3H3. The van der Waals surface area contributed by atoms with Crippen LogP contribution in [0.1, 0.15) is 19.8 Å². The Morgan fingerprint density at radius 2 is 1.91 bits per heavy atom. The fraction of sp³-hybridized carbons (Fsp3) is 0.304. The molecule has 0 aliphatic rings. The maximum Gasteiger partial charge on any atom is 0.248 e. The number of rotatable bonds is 10. The molecule has 0 unspecified atom stereocenters. The number of hydrogen-bond acceptors (Lipinski definition) is 6. The van der Waals surface area contributed by atoms with Crippen LogP contribution in [0.3, 0.4) is 0 Å². The van der Waals surface area contributed by atoms with Crippen LogP contribution in [0.25, 0.3) is 10.2 Å².